The Morgan fingerprint density at radius 3 is 2.89 bits per heavy atom. The maximum atomic E-state index is 5.86. The molecule has 0 aliphatic heterocycles. The third-order valence-corrected chi connectivity index (χ3v) is 4.54. The summed E-state index contributed by atoms with van der Waals surface area (Å²) in [7, 11) is 2.03. The van der Waals surface area contributed by atoms with Gasteiger partial charge in [-0.15, -0.1) is 22.7 Å². The largest absolute Gasteiger partial charge is 0.352 e. The third-order valence-electron chi connectivity index (χ3n) is 2.96. The van der Waals surface area contributed by atoms with Crippen molar-refractivity contribution in [1.29, 1.82) is 0 Å². The molecule has 19 heavy (non-hydrogen) atoms. The number of aryl methyl sites for hydroxylation is 1. The van der Waals surface area contributed by atoms with Gasteiger partial charge in [-0.25, -0.2) is 9.97 Å². The van der Waals surface area contributed by atoms with Gasteiger partial charge in [-0.1, -0.05) is 0 Å². The highest BCUT2D eigenvalue weighted by molar-refractivity contribution is 7.15. The minimum Gasteiger partial charge on any atom is -0.352 e. The van der Waals surface area contributed by atoms with Gasteiger partial charge in [0, 0.05) is 30.5 Å². The van der Waals surface area contributed by atoms with Crippen LogP contribution in [0.4, 0.5) is 5.82 Å². The number of aromatic nitrogens is 3. The number of hydrogen-bond donors (Lipinski definition) is 1. The van der Waals surface area contributed by atoms with Crippen molar-refractivity contribution in [3.8, 4) is 0 Å². The fourth-order valence-corrected chi connectivity index (χ4v) is 3.45. The van der Waals surface area contributed by atoms with Crippen LogP contribution in [0.25, 0.3) is 4.96 Å². The van der Waals surface area contributed by atoms with Crippen LogP contribution in [-0.2, 0) is 13.1 Å². The molecule has 5 nitrogen and oxygen atoms in total. The maximum Gasteiger partial charge on any atom is 0.195 e. The summed E-state index contributed by atoms with van der Waals surface area (Å²) < 4.78 is 2.06. The lowest BCUT2D eigenvalue weighted by molar-refractivity contribution is 0.854. The fraction of sp³-hybridized carbons (Fsp3) is 0.333. The van der Waals surface area contributed by atoms with Gasteiger partial charge in [-0.05, 0) is 6.92 Å². The zero-order valence-corrected chi connectivity index (χ0v) is 12.5. The van der Waals surface area contributed by atoms with E-state index < -0.39 is 0 Å². The Bertz CT molecular complexity index is 696. The molecular formula is C12H15N5S2. The first-order valence-electron chi connectivity index (χ1n) is 5.95. The highest BCUT2D eigenvalue weighted by Crippen LogP contribution is 2.24. The van der Waals surface area contributed by atoms with Gasteiger partial charge in [0.2, 0.25) is 0 Å². The molecule has 0 aliphatic carbocycles. The molecule has 3 aromatic rings. The van der Waals surface area contributed by atoms with E-state index in [1.165, 1.54) is 0 Å². The van der Waals surface area contributed by atoms with E-state index in [9.17, 15) is 0 Å². The van der Waals surface area contributed by atoms with E-state index in [-0.39, 0.29) is 0 Å². The summed E-state index contributed by atoms with van der Waals surface area (Å²) in [5, 5.41) is 5.20. The first-order valence-corrected chi connectivity index (χ1v) is 7.71. The molecule has 3 aromatic heterocycles. The van der Waals surface area contributed by atoms with Crippen LogP contribution in [0.1, 0.15) is 16.4 Å². The molecule has 0 saturated carbocycles. The van der Waals surface area contributed by atoms with E-state index in [1.807, 2.05) is 25.5 Å². The van der Waals surface area contributed by atoms with E-state index >= 15 is 0 Å². The molecule has 2 N–H and O–H groups in total. The number of nitrogens with two attached hydrogens (primary N) is 1. The lowest BCUT2D eigenvalue weighted by atomic mass is 10.3. The fourth-order valence-electron chi connectivity index (χ4n) is 2.12. The normalized spacial score (nSPS) is 11.3. The van der Waals surface area contributed by atoms with Gasteiger partial charge in [-0.3, -0.25) is 4.40 Å². The monoisotopic (exact) mass is 293 g/mol. The molecule has 0 atom stereocenters. The zero-order chi connectivity index (χ0) is 13.4. The van der Waals surface area contributed by atoms with E-state index in [1.54, 1.807) is 22.7 Å². The van der Waals surface area contributed by atoms with Gasteiger partial charge < -0.3 is 10.6 Å². The quantitative estimate of drug-likeness (QED) is 0.801. The molecule has 0 bridgehead atoms. The second kappa shape index (κ2) is 4.92. The first kappa shape index (κ1) is 12.6. The molecule has 3 rings (SSSR count). The number of thiazole rings is 2. The molecule has 100 valence electrons. The lowest BCUT2D eigenvalue weighted by Crippen LogP contribution is -2.19. The molecule has 0 radical (unpaired) electrons. The molecule has 0 saturated heterocycles. The van der Waals surface area contributed by atoms with Crippen molar-refractivity contribution in [3.63, 3.8) is 0 Å². The highest BCUT2D eigenvalue weighted by Gasteiger charge is 2.16. The number of fused-ring (bicyclic) bond motifs is 1. The summed E-state index contributed by atoms with van der Waals surface area (Å²) in [4.78, 5) is 12.2. The summed E-state index contributed by atoms with van der Waals surface area (Å²) >= 11 is 3.29. The summed E-state index contributed by atoms with van der Waals surface area (Å²) in [6, 6.07) is 0. The summed E-state index contributed by atoms with van der Waals surface area (Å²) in [6.07, 6.45) is 2.01. The Kier molecular flexibility index (Phi) is 3.26. The lowest BCUT2D eigenvalue weighted by Gasteiger charge is -2.16. The second-order valence-electron chi connectivity index (χ2n) is 4.36. The van der Waals surface area contributed by atoms with Crippen molar-refractivity contribution in [2.45, 2.75) is 20.0 Å². The minimum absolute atomic E-state index is 0.480. The molecule has 0 unspecified atom stereocenters. The summed E-state index contributed by atoms with van der Waals surface area (Å²) in [5.41, 5.74) is 7.98. The van der Waals surface area contributed by atoms with Crippen LogP contribution < -0.4 is 10.6 Å². The first-order chi connectivity index (χ1) is 9.19. The van der Waals surface area contributed by atoms with Crippen LogP contribution in [0, 0.1) is 6.92 Å². The molecule has 0 aromatic carbocycles. The van der Waals surface area contributed by atoms with Crippen LogP contribution in [-0.4, -0.2) is 21.4 Å². The predicted molar refractivity (Wildman–Crippen MR) is 79.9 cm³/mol. The number of nitrogens with zero attached hydrogens (tertiary/aromatic N) is 4. The zero-order valence-electron chi connectivity index (χ0n) is 10.8. The topological polar surface area (TPSA) is 59.5 Å². The van der Waals surface area contributed by atoms with E-state index in [4.69, 9.17) is 5.73 Å². The molecule has 3 heterocycles. The highest BCUT2D eigenvalue weighted by atomic mass is 32.1. The number of hydrogen-bond acceptors (Lipinski definition) is 6. The Morgan fingerprint density at radius 1 is 1.37 bits per heavy atom. The number of rotatable bonds is 4. The molecule has 0 fully saturated rings. The van der Waals surface area contributed by atoms with Gasteiger partial charge >= 0.3 is 0 Å². The third kappa shape index (κ3) is 2.24. The van der Waals surface area contributed by atoms with Crippen molar-refractivity contribution in [1.82, 2.24) is 14.4 Å². The van der Waals surface area contributed by atoms with E-state index in [0.717, 1.165) is 33.7 Å². The number of imidazole rings is 1. The average Bonchev–Trinajstić information content (AvgIpc) is 3.03. The van der Waals surface area contributed by atoms with Crippen LogP contribution in [0.2, 0.25) is 0 Å². The van der Waals surface area contributed by atoms with E-state index in [0.29, 0.717) is 6.54 Å². The Balaban J connectivity index is 1.92. The van der Waals surface area contributed by atoms with Crippen LogP contribution in [0.15, 0.2) is 17.0 Å². The SMILES string of the molecule is Cc1nc(CN(C)c2nc3sccn3c2CN)cs1. The Hall–Kier alpha value is -1.44. The van der Waals surface area contributed by atoms with Crippen molar-refractivity contribution < 1.29 is 0 Å². The van der Waals surface area contributed by atoms with Crippen molar-refractivity contribution in [2.24, 2.45) is 5.73 Å². The van der Waals surface area contributed by atoms with Crippen LogP contribution in [0.5, 0.6) is 0 Å². The molecule has 0 aliphatic rings. The number of anilines is 1. The summed E-state index contributed by atoms with van der Waals surface area (Å²) in [5.74, 6) is 0.944. The molecular weight excluding hydrogens is 278 g/mol. The smallest absolute Gasteiger partial charge is 0.195 e. The Labute approximate surface area is 119 Å². The van der Waals surface area contributed by atoms with Crippen LogP contribution in [0.3, 0.4) is 0 Å². The molecule has 7 heteroatoms. The van der Waals surface area contributed by atoms with Gasteiger partial charge in [0.05, 0.1) is 22.9 Å². The van der Waals surface area contributed by atoms with Crippen molar-refractivity contribution in [3.05, 3.63) is 33.4 Å². The second-order valence-corrected chi connectivity index (χ2v) is 6.29. The summed E-state index contributed by atoms with van der Waals surface area (Å²) in [6.45, 7) is 3.25. The Morgan fingerprint density at radius 2 is 2.21 bits per heavy atom. The van der Waals surface area contributed by atoms with Gasteiger partial charge in [0.1, 0.15) is 0 Å². The van der Waals surface area contributed by atoms with Gasteiger partial charge in [0.15, 0.2) is 10.8 Å². The molecule has 0 spiro atoms. The maximum absolute atomic E-state index is 5.86. The van der Waals surface area contributed by atoms with Crippen molar-refractivity contribution >= 4 is 33.5 Å². The molecule has 0 amide bonds. The predicted octanol–water partition coefficient (Wildman–Crippen LogP) is 2.26. The average molecular weight is 293 g/mol. The van der Waals surface area contributed by atoms with Crippen LogP contribution >= 0.6 is 22.7 Å². The van der Waals surface area contributed by atoms with Gasteiger partial charge in [0.25, 0.3) is 0 Å². The van der Waals surface area contributed by atoms with E-state index in [2.05, 4.69) is 24.6 Å². The standard InChI is InChI=1S/C12H15N5S2/c1-8-14-9(7-19-8)6-16(2)11-10(5-13)17-3-4-18-12(17)15-11/h3-4,7H,5-6,13H2,1-2H3. The van der Waals surface area contributed by atoms with Gasteiger partial charge in [-0.2, -0.15) is 0 Å². The minimum atomic E-state index is 0.480. The van der Waals surface area contributed by atoms with Crippen molar-refractivity contribution in [2.75, 3.05) is 11.9 Å².